The van der Waals surface area contributed by atoms with Crippen LogP contribution in [-0.2, 0) is 13.0 Å². The summed E-state index contributed by atoms with van der Waals surface area (Å²) < 4.78 is 2.13. The molecule has 2 aromatic heterocycles. The Labute approximate surface area is 119 Å². The van der Waals surface area contributed by atoms with Crippen molar-refractivity contribution in [1.29, 1.82) is 0 Å². The lowest BCUT2D eigenvalue weighted by Crippen LogP contribution is -2.04. The Balaban J connectivity index is 1.90. The van der Waals surface area contributed by atoms with Crippen LogP contribution >= 0.6 is 0 Å². The molecular weight excluding hydrogens is 246 g/mol. The summed E-state index contributed by atoms with van der Waals surface area (Å²) in [6.07, 6.45) is 4.16. The number of nitrogens with zero attached hydrogens (tertiary/aromatic N) is 2. The van der Waals surface area contributed by atoms with E-state index in [9.17, 15) is 0 Å². The van der Waals surface area contributed by atoms with E-state index in [2.05, 4.69) is 47.1 Å². The Morgan fingerprint density at radius 3 is 2.65 bits per heavy atom. The predicted octanol–water partition coefficient (Wildman–Crippen LogP) is 3.90. The lowest BCUT2D eigenvalue weighted by molar-refractivity contribution is 0.891. The summed E-state index contributed by atoms with van der Waals surface area (Å²) in [4.78, 5) is 4.72. The van der Waals surface area contributed by atoms with Crippen LogP contribution in [0.2, 0.25) is 0 Å². The molecule has 3 rings (SSSR count). The maximum atomic E-state index is 4.72. The van der Waals surface area contributed by atoms with Gasteiger partial charge in [0.2, 0.25) is 0 Å². The van der Waals surface area contributed by atoms with E-state index in [1.165, 1.54) is 5.56 Å². The summed E-state index contributed by atoms with van der Waals surface area (Å²) in [5.74, 6) is 1.12. The highest BCUT2D eigenvalue weighted by molar-refractivity contribution is 5.55. The van der Waals surface area contributed by atoms with Crippen LogP contribution in [0.4, 0.5) is 5.82 Å². The first-order valence-corrected chi connectivity index (χ1v) is 7.12. The van der Waals surface area contributed by atoms with Crippen molar-refractivity contribution in [1.82, 2.24) is 9.38 Å². The number of aryl methyl sites for hydroxylation is 1. The molecule has 0 spiro atoms. The SMILES string of the molecule is CCCc1nc2ccccn2c1NCc1ccccc1. The van der Waals surface area contributed by atoms with Gasteiger partial charge in [-0.3, -0.25) is 4.40 Å². The second-order valence-corrected chi connectivity index (χ2v) is 4.93. The van der Waals surface area contributed by atoms with Gasteiger partial charge in [-0.15, -0.1) is 0 Å². The quantitative estimate of drug-likeness (QED) is 0.758. The van der Waals surface area contributed by atoms with Gasteiger partial charge in [0, 0.05) is 12.7 Å². The van der Waals surface area contributed by atoms with Gasteiger partial charge in [0.1, 0.15) is 11.5 Å². The van der Waals surface area contributed by atoms with Gasteiger partial charge >= 0.3 is 0 Å². The number of hydrogen-bond donors (Lipinski definition) is 1. The second-order valence-electron chi connectivity index (χ2n) is 4.93. The standard InChI is InChI=1S/C17H19N3/c1-2-8-15-17(18-13-14-9-4-3-5-10-14)20-12-7-6-11-16(20)19-15/h3-7,9-12,18H,2,8,13H2,1H3. The number of rotatable bonds is 5. The van der Waals surface area contributed by atoms with E-state index in [0.717, 1.165) is 36.5 Å². The topological polar surface area (TPSA) is 29.3 Å². The monoisotopic (exact) mass is 265 g/mol. The van der Waals surface area contributed by atoms with Crippen LogP contribution in [0, 0.1) is 0 Å². The van der Waals surface area contributed by atoms with E-state index in [1.807, 2.05) is 24.3 Å². The first-order chi connectivity index (χ1) is 9.88. The first-order valence-electron chi connectivity index (χ1n) is 7.12. The van der Waals surface area contributed by atoms with Crippen molar-refractivity contribution in [2.75, 3.05) is 5.32 Å². The summed E-state index contributed by atoms with van der Waals surface area (Å²) in [6, 6.07) is 16.6. The van der Waals surface area contributed by atoms with Crippen molar-refractivity contribution in [3.8, 4) is 0 Å². The number of hydrogen-bond acceptors (Lipinski definition) is 2. The zero-order valence-electron chi connectivity index (χ0n) is 11.7. The van der Waals surface area contributed by atoms with Gasteiger partial charge < -0.3 is 5.32 Å². The number of fused-ring (bicyclic) bond motifs is 1. The molecule has 3 heteroatoms. The highest BCUT2D eigenvalue weighted by atomic mass is 15.1. The molecular formula is C17H19N3. The number of benzene rings is 1. The first kappa shape index (κ1) is 12.7. The Hall–Kier alpha value is -2.29. The number of nitrogens with one attached hydrogen (secondary N) is 1. The van der Waals surface area contributed by atoms with Gasteiger partial charge in [-0.1, -0.05) is 49.7 Å². The van der Waals surface area contributed by atoms with Gasteiger partial charge in [-0.25, -0.2) is 4.98 Å². The number of pyridine rings is 1. The van der Waals surface area contributed by atoms with Crippen LogP contribution in [0.25, 0.3) is 5.65 Å². The lowest BCUT2D eigenvalue weighted by atomic mass is 10.2. The van der Waals surface area contributed by atoms with Gasteiger partial charge in [-0.05, 0) is 24.1 Å². The van der Waals surface area contributed by atoms with Gasteiger partial charge in [0.25, 0.3) is 0 Å². The minimum absolute atomic E-state index is 0.820. The van der Waals surface area contributed by atoms with Crippen LogP contribution in [0.5, 0.6) is 0 Å². The fourth-order valence-electron chi connectivity index (χ4n) is 2.42. The molecule has 3 nitrogen and oxygen atoms in total. The van der Waals surface area contributed by atoms with Crippen LogP contribution < -0.4 is 5.32 Å². The van der Waals surface area contributed by atoms with Crippen molar-refractivity contribution in [2.24, 2.45) is 0 Å². The molecule has 102 valence electrons. The number of aromatic nitrogens is 2. The normalized spacial score (nSPS) is 10.8. The van der Waals surface area contributed by atoms with E-state index in [1.54, 1.807) is 0 Å². The van der Waals surface area contributed by atoms with Gasteiger partial charge in [0.15, 0.2) is 0 Å². The smallest absolute Gasteiger partial charge is 0.138 e. The summed E-state index contributed by atoms with van der Waals surface area (Å²) in [7, 11) is 0. The third-order valence-corrected chi connectivity index (χ3v) is 3.39. The van der Waals surface area contributed by atoms with E-state index >= 15 is 0 Å². The van der Waals surface area contributed by atoms with E-state index < -0.39 is 0 Å². The highest BCUT2D eigenvalue weighted by Crippen LogP contribution is 2.20. The average molecular weight is 265 g/mol. The van der Waals surface area contributed by atoms with Gasteiger partial charge in [0.05, 0.1) is 5.69 Å². The maximum Gasteiger partial charge on any atom is 0.138 e. The molecule has 0 aliphatic heterocycles. The summed E-state index contributed by atoms with van der Waals surface area (Å²) >= 11 is 0. The highest BCUT2D eigenvalue weighted by Gasteiger charge is 2.10. The average Bonchev–Trinajstić information content (AvgIpc) is 2.84. The van der Waals surface area contributed by atoms with Crippen molar-refractivity contribution < 1.29 is 0 Å². The van der Waals surface area contributed by atoms with Crippen molar-refractivity contribution in [3.05, 3.63) is 66.0 Å². The third kappa shape index (κ3) is 2.52. The molecule has 20 heavy (non-hydrogen) atoms. The summed E-state index contributed by atoms with van der Waals surface area (Å²) in [5.41, 5.74) is 3.43. The maximum absolute atomic E-state index is 4.72. The van der Waals surface area contributed by atoms with Crippen LogP contribution in [-0.4, -0.2) is 9.38 Å². The Morgan fingerprint density at radius 2 is 1.85 bits per heavy atom. The summed E-state index contributed by atoms with van der Waals surface area (Å²) in [5, 5.41) is 3.54. The molecule has 1 N–H and O–H groups in total. The largest absolute Gasteiger partial charge is 0.366 e. The minimum Gasteiger partial charge on any atom is -0.366 e. The predicted molar refractivity (Wildman–Crippen MR) is 83.0 cm³/mol. The molecule has 0 fully saturated rings. The van der Waals surface area contributed by atoms with Crippen molar-refractivity contribution >= 4 is 11.5 Å². The molecule has 0 saturated heterocycles. The molecule has 0 radical (unpaired) electrons. The lowest BCUT2D eigenvalue weighted by Gasteiger charge is -2.08. The Morgan fingerprint density at radius 1 is 1.05 bits per heavy atom. The molecule has 0 atom stereocenters. The molecule has 0 bridgehead atoms. The van der Waals surface area contributed by atoms with E-state index in [-0.39, 0.29) is 0 Å². The summed E-state index contributed by atoms with van der Waals surface area (Å²) in [6.45, 7) is 3.01. The van der Waals surface area contributed by atoms with Crippen molar-refractivity contribution in [2.45, 2.75) is 26.3 Å². The van der Waals surface area contributed by atoms with E-state index in [0.29, 0.717) is 0 Å². The number of imidazole rings is 1. The minimum atomic E-state index is 0.820. The van der Waals surface area contributed by atoms with Crippen molar-refractivity contribution in [3.63, 3.8) is 0 Å². The van der Waals surface area contributed by atoms with Crippen LogP contribution in [0.1, 0.15) is 24.6 Å². The van der Waals surface area contributed by atoms with Crippen LogP contribution in [0.3, 0.4) is 0 Å². The second kappa shape index (κ2) is 5.78. The molecule has 1 aromatic carbocycles. The molecule has 0 unspecified atom stereocenters. The Bertz CT molecular complexity index is 686. The fraction of sp³-hybridized carbons (Fsp3) is 0.235. The molecule has 0 aliphatic rings. The third-order valence-electron chi connectivity index (χ3n) is 3.39. The molecule has 3 aromatic rings. The van der Waals surface area contributed by atoms with Crippen LogP contribution in [0.15, 0.2) is 54.7 Å². The number of anilines is 1. The molecule has 0 amide bonds. The Kier molecular flexibility index (Phi) is 3.68. The van der Waals surface area contributed by atoms with Gasteiger partial charge in [-0.2, -0.15) is 0 Å². The molecule has 2 heterocycles. The van der Waals surface area contributed by atoms with E-state index in [4.69, 9.17) is 4.98 Å². The molecule has 0 aliphatic carbocycles. The zero-order chi connectivity index (χ0) is 13.8. The zero-order valence-corrected chi connectivity index (χ0v) is 11.7. The fourth-order valence-corrected chi connectivity index (χ4v) is 2.42. The molecule has 0 saturated carbocycles.